The Balaban J connectivity index is 1.38. The van der Waals surface area contributed by atoms with E-state index in [0.717, 1.165) is 19.5 Å². The van der Waals surface area contributed by atoms with Gasteiger partial charge >= 0.3 is 0 Å². The van der Waals surface area contributed by atoms with Gasteiger partial charge < -0.3 is 10.6 Å². The first-order valence-electron chi connectivity index (χ1n) is 9.19. The molecule has 0 radical (unpaired) electrons. The number of benzene rings is 1. The molecule has 0 bridgehead atoms. The molecule has 0 unspecified atom stereocenters. The van der Waals surface area contributed by atoms with Crippen LogP contribution < -0.4 is 16.0 Å². The van der Waals surface area contributed by atoms with Crippen molar-refractivity contribution in [2.75, 3.05) is 23.7 Å². The topological polar surface area (TPSA) is 78.9 Å². The lowest BCUT2D eigenvalue weighted by molar-refractivity contribution is 0.102. The molecular weight excluding hydrogens is 405 g/mol. The monoisotopic (exact) mass is 427 g/mol. The number of carbonyl (C=O) groups is 1. The molecule has 146 valence electrons. The highest BCUT2D eigenvalue weighted by Gasteiger charge is 2.13. The van der Waals surface area contributed by atoms with Crippen molar-refractivity contribution in [1.82, 2.24) is 15.5 Å². The summed E-state index contributed by atoms with van der Waals surface area (Å²) in [7, 11) is 0. The van der Waals surface area contributed by atoms with Crippen LogP contribution in [0.25, 0.3) is 0 Å². The number of amides is 1. The Hall–Kier alpha value is -1.41. The van der Waals surface area contributed by atoms with Gasteiger partial charge in [0.15, 0.2) is 0 Å². The third kappa shape index (κ3) is 6.31. The van der Waals surface area contributed by atoms with Crippen LogP contribution in [-0.2, 0) is 0 Å². The number of nitrogens with zero attached hydrogens (tertiary/aromatic N) is 2. The minimum absolute atomic E-state index is 0.298. The highest BCUT2D eigenvalue weighted by molar-refractivity contribution is 7.19. The molecule has 2 aromatic rings. The molecule has 3 N–H and O–H groups in total. The van der Waals surface area contributed by atoms with Gasteiger partial charge in [-0.2, -0.15) is 0 Å². The first-order chi connectivity index (χ1) is 13.1. The van der Waals surface area contributed by atoms with Gasteiger partial charge in [0.25, 0.3) is 5.91 Å². The van der Waals surface area contributed by atoms with Gasteiger partial charge in [0.05, 0.1) is 10.0 Å². The van der Waals surface area contributed by atoms with E-state index in [1.54, 1.807) is 12.1 Å². The highest BCUT2D eigenvalue weighted by atomic mass is 35.5. The Morgan fingerprint density at radius 1 is 1.07 bits per heavy atom. The molecule has 9 heteroatoms. The second-order valence-corrected chi connectivity index (χ2v) is 8.36. The van der Waals surface area contributed by atoms with Gasteiger partial charge in [-0.25, -0.2) is 0 Å². The molecule has 3 rings (SSSR count). The predicted octanol–water partition coefficient (Wildman–Crippen LogP) is 4.82. The van der Waals surface area contributed by atoms with Gasteiger partial charge in [0.1, 0.15) is 0 Å². The number of hydrogen-bond acceptors (Lipinski definition) is 6. The van der Waals surface area contributed by atoms with E-state index >= 15 is 0 Å². The van der Waals surface area contributed by atoms with E-state index in [4.69, 9.17) is 23.2 Å². The van der Waals surface area contributed by atoms with E-state index in [-0.39, 0.29) is 5.91 Å². The van der Waals surface area contributed by atoms with Crippen molar-refractivity contribution in [3.05, 3.63) is 33.8 Å². The van der Waals surface area contributed by atoms with Gasteiger partial charge in [-0.15, -0.1) is 10.2 Å². The molecule has 1 amide bonds. The van der Waals surface area contributed by atoms with E-state index in [9.17, 15) is 4.79 Å². The summed E-state index contributed by atoms with van der Waals surface area (Å²) in [6, 6.07) is 5.41. The lowest BCUT2D eigenvalue weighted by Gasteiger charge is -2.22. The highest BCUT2D eigenvalue weighted by Crippen LogP contribution is 2.24. The van der Waals surface area contributed by atoms with Crippen LogP contribution in [0.15, 0.2) is 18.2 Å². The molecule has 0 spiro atoms. The molecule has 1 aliphatic rings. The molecule has 1 heterocycles. The van der Waals surface area contributed by atoms with Crippen molar-refractivity contribution in [2.45, 2.75) is 44.6 Å². The maximum Gasteiger partial charge on any atom is 0.257 e. The van der Waals surface area contributed by atoms with Crippen molar-refractivity contribution in [2.24, 2.45) is 0 Å². The Labute approximate surface area is 173 Å². The summed E-state index contributed by atoms with van der Waals surface area (Å²) >= 11 is 13.1. The second kappa shape index (κ2) is 10.2. The second-order valence-electron chi connectivity index (χ2n) is 6.56. The van der Waals surface area contributed by atoms with Gasteiger partial charge in [-0.1, -0.05) is 53.8 Å². The zero-order chi connectivity index (χ0) is 19.1. The maximum atomic E-state index is 12.2. The first kappa shape index (κ1) is 20.3. The molecule has 1 fully saturated rings. The quantitative estimate of drug-likeness (QED) is 0.526. The van der Waals surface area contributed by atoms with Crippen LogP contribution in [0, 0.1) is 0 Å². The normalized spacial score (nSPS) is 14.9. The number of anilines is 2. The molecule has 0 aliphatic heterocycles. The zero-order valence-electron chi connectivity index (χ0n) is 14.9. The molecule has 27 heavy (non-hydrogen) atoms. The van der Waals surface area contributed by atoms with Crippen LogP contribution in [0.5, 0.6) is 0 Å². The van der Waals surface area contributed by atoms with E-state index in [0.29, 0.717) is 31.9 Å². The average Bonchev–Trinajstić information content (AvgIpc) is 3.11. The first-order valence-corrected chi connectivity index (χ1v) is 10.8. The molecule has 6 nitrogen and oxygen atoms in total. The molecular formula is C18H23Cl2N5OS. The minimum Gasteiger partial charge on any atom is -0.360 e. The molecule has 1 aliphatic carbocycles. The summed E-state index contributed by atoms with van der Waals surface area (Å²) in [6.07, 6.45) is 7.67. The van der Waals surface area contributed by atoms with Crippen LogP contribution in [0.2, 0.25) is 10.0 Å². The summed E-state index contributed by atoms with van der Waals surface area (Å²) in [4.78, 5) is 12.2. The minimum atomic E-state index is -0.298. The molecule has 1 aromatic heterocycles. The fourth-order valence-corrected chi connectivity index (χ4v) is 4.01. The lowest BCUT2D eigenvalue weighted by atomic mass is 9.95. The Morgan fingerprint density at radius 3 is 2.63 bits per heavy atom. The van der Waals surface area contributed by atoms with Crippen molar-refractivity contribution >= 4 is 50.7 Å². The molecule has 1 saturated carbocycles. The third-order valence-electron chi connectivity index (χ3n) is 4.50. The summed E-state index contributed by atoms with van der Waals surface area (Å²) in [5.74, 6) is -0.298. The van der Waals surface area contributed by atoms with Crippen LogP contribution in [-0.4, -0.2) is 35.2 Å². The summed E-state index contributed by atoms with van der Waals surface area (Å²) < 4.78 is 0. The van der Waals surface area contributed by atoms with Crippen LogP contribution >= 0.6 is 34.5 Å². The average molecular weight is 428 g/mol. The number of carbonyl (C=O) groups excluding carboxylic acids is 1. The third-order valence-corrected chi connectivity index (χ3v) is 6.03. The van der Waals surface area contributed by atoms with Gasteiger partial charge in [-0.05, 0) is 44.0 Å². The summed E-state index contributed by atoms with van der Waals surface area (Å²) in [5, 5.41) is 19.5. The Bertz CT molecular complexity index is 764. The van der Waals surface area contributed by atoms with Gasteiger partial charge in [0, 0.05) is 18.2 Å². The number of aromatic nitrogens is 2. The van der Waals surface area contributed by atoms with Crippen LogP contribution in [0.4, 0.5) is 10.3 Å². The maximum absolute atomic E-state index is 12.2. The van der Waals surface area contributed by atoms with Gasteiger partial charge in [0.2, 0.25) is 10.3 Å². The fraction of sp³-hybridized carbons (Fsp3) is 0.500. The fourth-order valence-electron chi connectivity index (χ4n) is 3.05. The van der Waals surface area contributed by atoms with E-state index < -0.39 is 0 Å². The molecule has 0 saturated heterocycles. The largest absolute Gasteiger partial charge is 0.360 e. The van der Waals surface area contributed by atoms with Crippen molar-refractivity contribution in [3.63, 3.8) is 0 Å². The van der Waals surface area contributed by atoms with E-state index in [1.807, 2.05) is 0 Å². The lowest BCUT2D eigenvalue weighted by Crippen LogP contribution is -2.32. The summed E-state index contributed by atoms with van der Waals surface area (Å²) in [5.41, 5.74) is 0.419. The molecule has 0 atom stereocenters. The Kier molecular flexibility index (Phi) is 7.70. The predicted molar refractivity (Wildman–Crippen MR) is 112 cm³/mol. The number of nitrogens with one attached hydrogen (secondary N) is 3. The Morgan fingerprint density at radius 2 is 1.85 bits per heavy atom. The van der Waals surface area contributed by atoms with E-state index in [2.05, 4.69) is 26.1 Å². The van der Waals surface area contributed by atoms with E-state index in [1.165, 1.54) is 49.5 Å². The summed E-state index contributed by atoms with van der Waals surface area (Å²) in [6.45, 7) is 1.81. The van der Waals surface area contributed by atoms with Crippen molar-refractivity contribution < 1.29 is 4.79 Å². The zero-order valence-corrected chi connectivity index (χ0v) is 17.3. The number of rotatable bonds is 8. The smallest absolute Gasteiger partial charge is 0.257 e. The van der Waals surface area contributed by atoms with Crippen LogP contribution in [0.3, 0.4) is 0 Å². The SMILES string of the molecule is O=C(Nc1nnc(NCCCNC2CCCCC2)s1)c1ccc(Cl)c(Cl)c1. The standard InChI is InChI=1S/C18H23Cl2N5OS/c19-14-8-7-12(11-15(14)20)16(26)23-18-25-24-17(27-18)22-10-4-9-21-13-5-2-1-3-6-13/h7-8,11,13,21H,1-6,9-10H2,(H,22,24)(H,23,25,26). The number of hydrogen-bond donors (Lipinski definition) is 3. The van der Waals surface area contributed by atoms with Crippen LogP contribution in [0.1, 0.15) is 48.9 Å². The number of halogens is 2. The molecule has 1 aromatic carbocycles. The van der Waals surface area contributed by atoms with Gasteiger partial charge in [-0.3, -0.25) is 10.1 Å². The van der Waals surface area contributed by atoms with Crippen molar-refractivity contribution in [1.29, 1.82) is 0 Å². The van der Waals surface area contributed by atoms with Crippen molar-refractivity contribution in [3.8, 4) is 0 Å².